The standard InChI is InChI=1S/C33H40N2O6/c1-4-18-34(25-15-14-23-12-8-9-13-24(23)22-25)30(38)28-33-17-16-32(3,41-33)27(31(39)40-21-5-2)26(33)29(37)35(28)19-10-6-7-11-20-36/h4-5,8-9,12-15,22,26-28,36H,1-2,6-7,10-11,16-21H2,3H3/t26-,27-,28?,32+,33?/m0/s1. The highest BCUT2D eigenvalue weighted by Gasteiger charge is 2.78. The number of esters is 1. The minimum atomic E-state index is -1.12. The van der Waals surface area contributed by atoms with Crippen LogP contribution in [0, 0.1) is 11.8 Å². The largest absolute Gasteiger partial charge is 0.461 e. The Kier molecular flexibility index (Phi) is 8.34. The molecule has 1 N–H and O–H groups in total. The lowest BCUT2D eigenvalue weighted by Crippen LogP contribution is -2.56. The van der Waals surface area contributed by atoms with Gasteiger partial charge in [0.15, 0.2) is 0 Å². The first kappa shape index (κ1) is 29.0. The van der Waals surface area contributed by atoms with Gasteiger partial charge in [0.2, 0.25) is 5.91 Å². The summed E-state index contributed by atoms with van der Waals surface area (Å²) in [5.74, 6) is -2.55. The van der Waals surface area contributed by atoms with E-state index in [1.807, 2.05) is 49.4 Å². The van der Waals surface area contributed by atoms with Crippen LogP contribution in [0.2, 0.25) is 0 Å². The minimum absolute atomic E-state index is 0.0470. The van der Waals surface area contributed by atoms with Crippen molar-refractivity contribution in [3.8, 4) is 0 Å². The summed E-state index contributed by atoms with van der Waals surface area (Å²) in [6, 6.07) is 12.9. The SMILES string of the molecule is C=CCOC(=O)[C@@H]1[C@H]2C(=O)N(CCCCCCO)C(C(=O)N(CC=C)c3ccc4ccccc4c3)C23CC[C@@]1(C)O3. The molecule has 0 saturated carbocycles. The van der Waals surface area contributed by atoms with Crippen molar-refractivity contribution in [3.63, 3.8) is 0 Å². The van der Waals surface area contributed by atoms with Crippen molar-refractivity contribution in [2.45, 2.75) is 62.7 Å². The van der Waals surface area contributed by atoms with Crippen LogP contribution in [-0.2, 0) is 23.9 Å². The quantitative estimate of drug-likeness (QED) is 0.222. The van der Waals surface area contributed by atoms with Crippen LogP contribution < -0.4 is 4.90 Å². The number of hydrogen-bond acceptors (Lipinski definition) is 6. The molecule has 41 heavy (non-hydrogen) atoms. The summed E-state index contributed by atoms with van der Waals surface area (Å²) in [7, 11) is 0. The molecule has 3 heterocycles. The fraction of sp³-hybridized carbons (Fsp3) is 0.485. The molecule has 0 radical (unpaired) electrons. The monoisotopic (exact) mass is 560 g/mol. The van der Waals surface area contributed by atoms with E-state index in [2.05, 4.69) is 13.2 Å². The van der Waals surface area contributed by atoms with Gasteiger partial charge in [-0.3, -0.25) is 14.4 Å². The summed E-state index contributed by atoms with van der Waals surface area (Å²) in [6.07, 6.45) is 7.25. The highest BCUT2D eigenvalue weighted by atomic mass is 16.6. The highest BCUT2D eigenvalue weighted by Crippen LogP contribution is 2.63. The maximum atomic E-state index is 14.7. The van der Waals surface area contributed by atoms with Crippen molar-refractivity contribution >= 4 is 34.2 Å². The van der Waals surface area contributed by atoms with E-state index < -0.39 is 35.0 Å². The average Bonchev–Trinajstić information content (AvgIpc) is 3.54. The first-order valence-electron chi connectivity index (χ1n) is 14.6. The van der Waals surface area contributed by atoms with Crippen molar-refractivity contribution in [1.82, 2.24) is 4.90 Å². The van der Waals surface area contributed by atoms with Gasteiger partial charge < -0.3 is 24.4 Å². The third kappa shape index (κ3) is 4.97. The summed E-state index contributed by atoms with van der Waals surface area (Å²) in [4.78, 5) is 45.6. The topological polar surface area (TPSA) is 96.4 Å². The first-order chi connectivity index (χ1) is 19.8. The molecular formula is C33H40N2O6. The molecule has 8 nitrogen and oxygen atoms in total. The van der Waals surface area contributed by atoms with E-state index in [1.54, 1.807) is 15.9 Å². The number of ether oxygens (including phenoxy) is 2. The van der Waals surface area contributed by atoms with Gasteiger partial charge in [-0.1, -0.05) is 61.9 Å². The van der Waals surface area contributed by atoms with Crippen molar-refractivity contribution in [2.24, 2.45) is 11.8 Å². The van der Waals surface area contributed by atoms with Crippen LogP contribution in [0.5, 0.6) is 0 Å². The second-order valence-electron chi connectivity index (χ2n) is 11.6. The Morgan fingerprint density at radius 3 is 2.59 bits per heavy atom. The van der Waals surface area contributed by atoms with Gasteiger partial charge in [0.05, 0.1) is 11.5 Å². The van der Waals surface area contributed by atoms with Crippen LogP contribution in [0.4, 0.5) is 5.69 Å². The van der Waals surface area contributed by atoms with E-state index in [4.69, 9.17) is 9.47 Å². The zero-order valence-electron chi connectivity index (χ0n) is 23.8. The fourth-order valence-electron chi connectivity index (χ4n) is 7.23. The summed E-state index contributed by atoms with van der Waals surface area (Å²) in [5.41, 5.74) is -1.30. The number of anilines is 1. The molecule has 3 aliphatic rings. The lowest BCUT2D eigenvalue weighted by atomic mass is 9.66. The van der Waals surface area contributed by atoms with Crippen molar-refractivity contribution in [3.05, 3.63) is 67.8 Å². The summed E-state index contributed by atoms with van der Waals surface area (Å²) < 4.78 is 12.2. The Bertz CT molecular complexity index is 1340. The number of unbranched alkanes of at least 4 members (excludes halogenated alkanes) is 3. The molecule has 2 aromatic carbocycles. The number of aliphatic hydroxyl groups excluding tert-OH is 1. The van der Waals surface area contributed by atoms with Crippen molar-refractivity contribution in [2.75, 3.05) is 31.2 Å². The molecule has 0 aromatic heterocycles. The van der Waals surface area contributed by atoms with E-state index in [0.717, 1.165) is 23.6 Å². The van der Waals surface area contributed by atoms with Gasteiger partial charge in [0.25, 0.3) is 5.91 Å². The molecule has 1 spiro atoms. The molecule has 8 heteroatoms. The number of hydrogen-bond donors (Lipinski definition) is 1. The van der Waals surface area contributed by atoms with Gasteiger partial charge in [-0.25, -0.2) is 0 Å². The number of nitrogens with zero attached hydrogens (tertiary/aromatic N) is 2. The minimum Gasteiger partial charge on any atom is -0.461 e. The lowest BCUT2D eigenvalue weighted by Gasteiger charge is -2.37. The van der Waals surface area contributed by atoms with Crippen LogP contribution in [0.25, 0.3) is 10.8 Å². The first-order valence-corrected chi connectivity index (χ1v) is 14.6. The van der Waals surface area contributed by atoms with E-state index in [9.17, 15) is 19.5 Å². The molecule has 5 rings (SSSR count). The molecule has 218 valence electrons. The van der Waals surface area contributed by atoms with Gasteiger partial charge in [-0.15, -0.1) is 6.58 Å². The highest BCUT2D eigenvalue weighted by molar-refractivity contribution is 6.05. The Morgan fingerprint density at radius 2 is 1.85 bits per heavy atom. The number of benzene rings is 2. The van der Waals surface area contributed by atoms with Crippen LogP contribution in [0.1, 0.15) is 45.4 Å². The van der Waals surface area contributed by atoms with E-state index >= 15 is 0 Å². The summed E-state index contributed by atoms with van der Waals surface area (Å²) in [6.45, 7) is 10.2. The Labute approximate surface area is 241 Å². The van der Waals surface area contributed by atoms with Gasteiger partial charge in [0.1, 0.15) is 24.2 Å². The van der Waals surface area contributed by atoms with Crippen LogP contribution in [-0.4, -0.2) is 71.3 Å². The smallest absolute Gasteiger partial charge is 0.313 e. The number of rotatable bonds is 13. The molecule has 3 saturated heterocycles. The Balaban J connectivity index is 1.53. The molecule has 2 amide bonds. The number of carbonyl (C=O) groups is 3. The van der Waals surface area contributed by atoms with Crippen LogP contribution in [0.3, 0.4) is 0 Å². The second kappa shape index (κ2) is 11.8. The maximum Gasteiger partial charge on any atom is 0.313 e. The number of aliphatic hydroxyl groups is 1. The molecule has 3 fully saturated rings. The molecule has 0 aliphatic carbocycles. The van der Waals surface area contributed by atoms with Crippen molar-refractivity contribution in [1.29, 1.82) is 0 Å². The number of carbonyl (C=O) groups excluding carboxylic acids is 3. The molecule has 5 atom stereocenters. The van der Waals surface area contributed by atoms with Crippen molar-refractivity contribution < 1.29 is 29.0 Å². The second-order valence-corrected chi connectivity index (χ2v) is 11.6. The number of amides is 2. The third-order valence-electron chi connectivity index (χ3n) is 9.04. The van der Waals surface area contributed by atoms with E-state index in [1.165, 1.54) is 6.08 Å². The summed E-state index contributed by atoms with van der Waals surface area (Å²) >= 11 is 0. The van der Waals surface area contributed by atoms with Gasteiger partial charge in [-0.05, 0) is 55.5 Å². The molecule has 2 unspecified atom stereocenters. The van der Waals surface area contributed by atoms with Crippen LogP contribution >= 0.6 is 0 Å². The fourth-order valence-corrected chi connectivity index (χ4v) is 7.23. The normalized spacial score (nSPS) is 28.1. The Hall–Kier alpha value is -3.49. The molecule has 2 bridgehead atoms. The Morgan fingerprint density at radius 1 is 1.10 bits per heavy atom. The predicted molar refractivity (Wildman–Crippen MR) is 157 cm³/mol. The number of likely N-dealkylation sites (tertiary alicyclic amines) is 1. The maximum absolute atomic E-state index is 14.7. The third-order valence-corrected chi connectivity index (χ3v) is 9.04. The van der Waals surface area contributed by atoms with Gasteiger partial charge >= 0.3 is 5.97 Å². The van der Waals surface area contributed by atoms with Crippen LogP contribution in [0.15, 0.2) is 67.8 Å². The average molecular weight is 561 g/mol. The van der Waals surface area contributed by atoms with Gasteiger partial charge in [-0.2, -0.15) is 0 Å². The van der Waals surface area contributed by atoms with Gasteiger partial charge in [0, 0.05) is 25.4 Å². The van der Waals surface area contributed by atoms with E-state index in [0.29, 0.717) is 37.9 Å². The number of fused-ring (bicyclic) bond motifs is 2. The predicted octanol–water partition coefficient (Wildman–Crippen LogP) is 4.41. The van der Waals surface area contributed by atoms with E-state index in [-0.39, 0.29) is 31.6 Å². The zero-order chi connectivity index (χ0) is 29.2. The molecule has 3 aliphatic heterocycles. The lowest BCUT2D eigenvalue weighted by molar-refractivity contribution is -0.158. The summed E-state index contributed by atoms with van der Waals surface area (Å²) in [5, 5.41) is 11.2. The zero-order valence-corrected chi connectivity index (χ0v) is 23.8. The molecule has 2 aromatic rings. The molecular weight excluding hydrogens is 520 g/mol.